The van der Waals surface area contributed by atoms with E-state index in [1.807, 2.05) is 4.57 Å². The highest BCUT2D eigenvalue weighted by Crippen LogP contribution is 2.28. The molecule has 4 nitrogen and oxygen atoms in total. The summed E-state index contributed by atoms with van der Waals surface area (Å²) in [7, 11) is 0. The third-order valence-electron chi connectivity index (χ3n) is 3.48. The predicted octanol–water partition coefficient (Wildman–Crippen LogP) is 4.61. The topological polar surface area (TPSA) is 54.5 Å². The molecule has 25 heavy (non-hydrogen) atoms. The van der Waals surface area contributed by atoms with Crippen molar-refractivity contribution in [3.8, 4) is 23.1 Å². The molecule has 1 aromatic heterocycles. The maximum Gasteiger partial charge on any atom is 0.196 e. The first-order valence-corrected chi connectivity index (χ1v) is 8.64. The van der Waals surface area contributed by atoms with E-state index in [4.69, 9.17) is 5.26 Å². The molecular formula is C18H14F2N4S. The Kier molecular flexibility index (Phi) is 5.41. The summed E-state index contributed by atoms with van der Waals surface area (Å²) in [6, 6.07) is 14.1. The Balaban J connectivity index is 2.00. The van der Waals surface area contributed by atoms with Crippen molar-refractivity contribution in [1.29, 1.82) is 5.26 Å². The normalized spacial score (nSPS) is 10.6. The molecule has 3 aromatic rings. The molecule has 2 aromatic carbocycles. The smallest absolute Gasteiger partial charge is 0.196 e. The van der Waals surface area contributed by atoms with Crippen molar-refractivity contribution in [3.05, 3.63) is 60.2 Å². The van der Waals surface area contributed by atoms with Crippen LogP contribution in [0.4, 0.5) is 8.78 Å². The Labute approximate surface area is 148 Å². The van der Waals surface area contributed by atoms with Crippen molar-refractivity contribution in [2.24, 2.45) is 0 Å². The highest BCUT2D eigenvalue weighted by molar-refractivity contribution is 7.99. The van der Waals surface area contributed by atoms with Crippen molar-refractivity contribution in [1.82, 2.24) is 14.8 Å². The molecule has 1 heterocycles. The van der Waals surface area contributed by atoms with Crippen molar-refractivity contribution in [2.45, 2.75) is 18.0 Å². The summed E-state index contributed by atoms with van der Waals surface area (Å²) in [4.78, 5) is 0. The Bertz CT molecular complexity index is 883. The molecule has 126 valence electrons. The monoisotopic (exact) mass is 356 g/mol. The first-order valence-electron chi connectivity index (χ1n) is 7.66. The highest BCUT2D eigenvalue weighted by atomic mass is 32.2. The van der Waals surface area contributed by atoms with E-state index in [0.29, 0.717) is 28.7 Å². The van der Waals surface area contributed by atoms with Crippen LogP contribution < -0.4 is 0 Å². The van der Waals surface area contributed by atoms with Gasteiger partial charge in [-0.1, -0.05) is 11.8 Å². The van der Waals surface area contributed by atoms with Crippen molar-refractivity contribution in [3.63, 3.8) is 0 Å². The first-order chi connectivity index (χ1) is 12.2. The van der Waals surface area contributed by atoms with Crippen LogP contribution in [-0.2, 0) is 0 Å². The van der Waals surface area contributed by atoms with Gasteiger partial charge in [0.1, 0.15) is 11.6 Å². The summed E-state index contributed by atoms with van der Waals surface area (Å²) in [6.07, 6.45) is 1.21. The number of unbranched alkanes of at least 4 members (excludes halogenated alkanes) is 1. The minimum Gasteiger partial charge on any atom is -0.270 e. The van der Waals surface area contributed by atoms with E-state index in [2.05, 4.69) is 16.3 Å². The van der Waals surface area contributed by atoms with Gasteiger partial charge in [0.15, 0.2) is 11.0 Å². The predicted molar refractivity (Wildman–Crippen MR) is 92.3 cm³/mol. The van der Waals surface area contributed by atoms with Crippen LogP contribution in [0.15, 0.2) is 53.7 Å². The molecule has 0 radical (unpaired) electrons. The van der Waals surface area contributed by atoms with Crippen LogP contribution in [0, 0.1) is 23.0 Å². The van der Waals surface area contributed by atoms with Gasteiger partial charge in [0.2, 0.25) is 0 Å². The number of rotatable bonds is 6. The summed E-state index contributed by atoms with van der Waals surface area (Å²) in [5, 5.41) is 17.7. The van der Waals surface area contributed by atoms with E-state index in [-0.39, 0.29) is 11.6 Å². The number of halogens is 2. The van der Waals surface area contributed by atoms with Crippen LogP contribution >= 0.6 is 11.8 Å². The summed E-state index contributed by atoms with van der Waals surface area (Å²) in [5.41, 5.74) is 1.43. The van der Waals surface area contributed by atoms with Crippen LogP contribution in [0.2, 0.25) is 0 Å². The van der Waals surface area contributed by atoms with Gasteiger partial charge in [-0.15, -0.1) is 10.2 Å². The lowest BCUT2D eigenvalue weighted by atomic mass is 10.2. The largest absolute Gasteiger partial charge is 0.270 e. The molecule has 0 aliphatic rings. The van der Waals surface area contributed by atoms with Gasteiger partial charge in [-0.2, -0.15) is 5.26 Å². The fraction of sp³-hybridized carbons (Fsp3) is 0.167. The van der Waals surface area contributed by atoms with Gasteiger partial charge in [0, 0.05) is 23.4 Å². The number of aromatic nitrogens is 3. The van der Waals surface area contributed by atoms with E-state index >= 15 is 0 Å². The van der Waals surface area contributed by atoms with Crippen molar-refractivity contribution in [2.75, 3.05) is 5.75 Å². The summed E-state index contributed by atoms with van der Waals surface area (Å²) < 4.78 is 28.3. The van der Waals surface area contributed by atoms with Crippen molar-refractivity contribution >= 4 is 11.8 Å². The van der Waals surface area contributed by atoms with Crippen LogP contribution in [0.1, 0.15) is 12.8 Å². The second-order valence-electron chi connectivity index (χ2n) is 5.24. The molecule has 0 N–H and O–H groups in total. The summed E-state index contributed by atoms with van der Waals surface area (Å²) in [6.45, 7) is 0. The molecular weight excluding hydrogens is 342 g/mol. The Hall–Kier alpha value is -2.72. The van der Waals surface area contributed by atoms with Crippen LogP contribution in [0.3, 0.4) is 0 Å². The number of thioether (sulfide) groups is 1. The Morgan fingerprint density at radius 3 is 2.24 bits per heavy atom. The maximum atomic E-state index is 13.3. The molecule has 0 aliphatic heterocycles. The molecule has 0 aliphatic carbocycles. The maximum absolute atomic E-state index is 13.3. The number of benzene rings is 2. The Morgan fingerprint density at radius 2 is 1.60 bits per heavy atom. The van der Waals surface area contributed by atoms with Gasteiger partial charge in [0.25, 0.3) is 0 Å². The zero-order chi connectivity index (χ0) is 17.6. The average molecular weight is 356 g/mol. The molecule has 0 saturated carbocycles. The van der Waals surface area contributed by atoms with Crippen LogP contribution in [-0.4, -0.2) is 20.5 Å². The molecule has 0 bridgehead atoms. The number of nitriles is 1. The Morgan fingerprint density at radius 1 is 0.960 bits per heavy atom. The van der Waals surface area contributed by atoms with Crippen LogP contribution in [0.25, 0.3) is 17.1 Å². The third-order valence-corrected chi connectivity index (χ3v) is 4.50. The molecule has 0 saturated heterocycles. The molecule has 7 heteroatoms. The lowest BCUT2D eigenvalue weighted by Gasteiger charge is -2.10. The van der Waals surface area contributed by atoms with Crippen LogP contribution in [0.5, 0.6) is 0 Å². The molecule has 0 amide bonds. The zero-order valence-electron chi connectivity index (χ0n) is 13.2. The molecule has 0 atom stereocenters. The SMILES string of the molecule is N#CCCCSc1nnc(-c2ccc(F)cc2)n1-c1ccc(F)cc1. The van der Waals surface area contributed by atoms with E-state index in [1.165, 1.54) is 36.0 Å². The number of hydrogen-bond donors (Lipinski definition) is 0. The van der Waals surface area contributed by atoms with Gasteiger partial charge >= 0.3 is 0 Å². The highest BCUT2D eigenvalue weighted by Gasteiger charge is 2.16. The van der Waals surface area contributed by atoms with Gasteiger partial charge in [0.05, 0.1) is 6.07 Å². The standard InChI is InChI=1S/C18H14F2N4S/c19-14-5-3-13(4-6-14)17-22-23-18(25-12-2-1-11-21)24(17)16-9-7-15(20)8-10-16/h3-10H,1-2,12H2. The van der Waals surface area contributed by atoms with E-state index < -0.39 is 0 Å². The second kappa shape index (κ2) is 7.90. The van der Waals surface area contributed by atoms with Gasteiger partial charge < -0.3 is 0 Å². The lowest BCUT2D eigenvalue weighted by molar-refractivity contribution is 0.626. The molecule has 3 rings (SSSR count). The van der Waals surface area contributed by atoms with Gasteiger partial charge in [-0.05, 0) is 55.0 Å². The molecule has 0 fully saturated rings. The second-order valence-corrected chi connectivity index (χ2v) is 6.30. The first kappa shape index (κ1) is 17.1. The number of hydrogen-bond acceptors (Lipinski definition) is 4. The minimum absolute atomic E-state index is 0.330. The van der Waals surface area contributed by atoms with Crippen molar-refractivity contribution < 1.29 is 8.78 Å². The van der Waals surface area contributed by atoms with E-state index in [1.54, 1.807) is 24.3 Å². The molecule has 0 spiro atoms. The van der Waals surface area contributed by atoms with Gasteiger partial charge in [-0.25, -0.2) is 8.78 Å². The lowest BCUT2D eigenvalue weighted by Crippen LogP contribution is -2.00. The third kappa shape index (κ3) is 4.03. The average Bonchev–Trinajstić information content (AvgIpc) is 3.04. The number of nitrogens with zero attached hydrogens (tertiary/aromatic N) is 4. The fourth-order valence-electron chi connectivity index (χ4n) is 2.29. The summed E-state index contributed by atoms with van der Waals surface area (Å²) >= 11 is 1.48. The van der Waals surface area contributed by atoms with E-state index in [9.17, 15) is 8.78 Å². The zero-order valence-corrected chi connectivity index (χ0v) is 14.0. The fourth-order valence-corrected chi connectivity index (χ4v) is 3.18. The van der Waals surface area contributed by atoms with Gasteiger partial charge in [-0.3, -0.25) is 4.57 Å². The van der Waals surface area contributed by atoms with E-state index in [0.717, 1.165) is 12.2 Å². The molecule has 0 unspecified atom stereocenters. The summed E-state index contributed by atoms with van der Waals surface area (Å²) in [5.74, 6) is 0.608. The minimum atomic E-state index is -0.331. The quantitative estimate of drug-likeness (QED) is 0.478.